The maximum atomic E-state index is 12.3. The third-order valence-corrected chi connectivity index (χ3v) is 3.70. The van der Waals surface area contributed by atoms with E-state index in [2.05, 4.69) is 5.10 Å². The Kier molecular flexibility index (Phi) is 4.01. The monoisotopic (exact) mass is 250 g/mol. The third-order valence-electron chi connectivity index (χ3n) is 3.70. The molecule has 0 atom stereocenters. The summed E-state index contributed by atoms with van der Waals surface area (Å²) in [6.45, 7) is 4.34. The Morgan fingerprint density at radius 1 is 1.50 bits per heavy atom. The van der Waals surface area contributed by atoms with Gasteiger partial charge in [0.05, 0.1) is 5.69 Å². The maximum Gasteiger partial charge on any atom is 0.272 e. The Morgan fingerprint density at radius 3 is 2.67 bits per heavy atom. The van der Waals surface area contributed by atoms with E-state index < -0.39 is 0 Å². The van der Waals surface area contributed by atoms with Gasteiger partial charge in [-0.1, -0.05) is 0 Å². The van der Waals surface area contributed by atoms with Gasteiger partial charge in [0.1, 0.15) is 5.69 Å². The Bertz CT molecular complexity index is 419. The van der Waals surface area contributed by atoms with Gasteiger partial charge < -0.3 is 10.6 Å². The number of amides is 1. The normalized spacial score (nSPS) is 17.2. The van der Waals surface area contributed by atoms with Gasteiger partial charge in [-0.3, -0.25) is 9.48 Å². The van der Waals surface area contributed by atoms with Crippen molar-refractivity contribution >= 4 is 5.91 Å². The molecule has 0 spiro atoms. The number of carbonyl (C=O) groups is 1. The number of nitrogens with two attached hydrogens (primary N) is 1. The maximum absolute atomic E-state index is 12.3. The molecule has 1 aliphatic heterocycles. The molecule has 1 aliphatic rings. The number of likely N-dealkylation sites (tertiary alicyclic amines) is 1. The second kappa shape index (κ2) is 5.52. The predicted molar refractivity (Wildman–Crippen MR) is 70.2 cm³/mol. The van der Waals surface area contributed by atoms with E-state index in [9.17, 15) is 4.79 Å². The molecular weight excluding hydrogens is 228 g/mol. The number of carbonyl (C=O) groups excluding carboxylic acids is 1. The molecule has 1 aromatic rings. The highest BCUT2D eigenvalue weighted by atomic mass is 16.2. The van der Waals surface area contributed by atoms with E-state index in [0.717, 1.165) is 44.6 Å². The van der Waals surface area contributed by atoms with Crippen molar-refractivity contribution in [2.24, 2.45) is 18.7 Å². The summed E-state index contributed by atoms with van der Waals surface area (Å²) in [5.41, 5.74) is 7.15. The molecule has 1 aromatic heterocycles. The van der Waals surface area contributed by atoms with E-state index in [4.69, 9.17) is 5.73 Å². The van der Waals surface area contributed by atoms with Gasteiger partial charge in [0.15, 0.2) is 0 Å². The average molecular weight is 250 g/mol. The zero-order valence-corrected chi connectivity index (χ0v) is 11.2. The van der Waals surface area contributed by atoms with E-state index in [0.29, 0.717) is 11.6 Å². The van der Waals surface area contributed by atoms with Crippen molar-refractivity contribution in [2.75, 3.05) is 19.6 Å². The van der Waals surface area contributed by atoms with Crippen molar-refractivity contribution < 1.29 is 4.79 Å². The van der Waals surface area contributed by atoms with Crippen LogP contribution >= 0.6 is 0 Å². The number of aryl methyl sites for hydroxylation is 2. The van der Waals surface area contributed by atoms with Gasteiger partial charge in [-0.15, -0.1) is 0 Å². The first-order valence-electron chi connectivity index (χ1n) is 6.61. The van der Waals surface area contributed by atoms with Gasteiger partial charge in [0.25, 0.3) is 5.91 Å². The van der Waals surface area contributed by atoms with Crippen LogP contribution in [0.5, 0.6) is 0 Å². The number of piperidine rings is 1. The van der Waals surface area contributed by atoms with Gasteiger partial charge >= 0.3 is 0 Å². The topological polar surface area (TPSA) is 64.2 Å². The van der Waals surface area contributed by atoms with Gasteiger partial charge in [0, 0.05) is 20.1 Å². The molecule has 18 heavy (non-hydrogen) atoms. The SMILES string of the molecule is Cc1cc(C(=O)N2CCC(CCN)CC2)n(C)n1. The van der Waals surface area contributed by atoms with Crippen LogP contribution in [-0.2, 0) is 7.05 Å². The molecule has 0 saturated carbocycles. The van der Waals surface area contributed by atoms with E-state index in [-0.39, 0.29) is 5.91 Å². The largest absolute Gasteiger partial charge is 0.337 e. The minimum atomic E-state index is 0.101. The molecule has 0 aromatic carbocycles. The molecule has 0 aliphatic carbocycles. The summed E-state index contributed by atoms with van der Waals surface area (Å²) in [5, 5.41) is 4.22. The fourth-order valence-electron chi connectivity index (χ4n) is 2.63. The molecule has 1 saturated heterocycles. The summed E-state index contributed by atoms with van der Waals surface area (Å²) in [7, 11) is 1.82. The van der Waals surface area contributed by atoms with Gasteiger partial charge in [-0.25, -0.2) is 0 Å². The van der Waals surface area contributed by atoms with Crippen molar-refractivity contribution in [3.63, 3.8) is 0 Å². The average Bonchev–Trinajstić information content (AvgIpc) is 2.69. The number of hydrogen-bond donors (Lipinski definition) is 1. The lowest BCUT2D eigenvalue weighted by Crippen LogP contribution is -2.39. The summed E-state index contributed by atoms with van der Waals surface area (Å²) in [6.07, 6.45) is 3.21. The molecule has 2 N–H and O–H groups in total. The standard InChI is InChI=1S/C13H22N4O/c1-10-9-12(16(2)15-10)13(18)17-7-4-11(3-6-14)5-8-17/h9,11H,3-8,14H2,1-2H3. The van der Waals surface area contributed by atoms with Gasteiger partial charge in [-0.2, -0.15) is 5.10 Å². The lowest BCUT2D eigenvalue weighted by Gasteiger charge is -2.31. The van der Waals surface area contributed by atoms with Crippen LogP contribution in [0.2, 0.25) is 0 Å². The van der Waals surface area contributed by atoms with Crippen LogP contribution in [0.25, 0.3) is 0 Å². The first-order valence-corrected chi connectivity index (χ1v) is 6.61. The van der Waals surface area contributed by atoms with Crippen molar-refractivity contribution in [2.45, 2.75) is 26.2 Å². The van der Waals surface area contributed by atoms with Crippen LogP contribution in [-0.4, -0.2) is 40.2 Å². The van der Waals surface area contributed by atoms with Crippen molar-refractivity contribution in [1.82, 2.24) is 14.7 Å². The number of nitrogens with zero attached hydrogens (tertiary/aromatic N) is 3. The van der Waals surface area contributed by atoms with Crippen LogP contribution in [0, 0.1) is 12.8 Å². The highest BCUT2D eigenvalue weighted by Crippen LogP contribution is 2.21. The van der Waals surface area contributed by atoms with Gasteiger partial charge in [-0.05, 0) is 44.7 Å². The van der Waals surface area contributed by atoms with Crippen LogP contribution in [0.1, 0.15) is 35.4 Å². The fourth-order valence-corrected chi connectivity index (χ4v) is 2.63. The first-order chi connectivity index (χ1) is 8.61. The zero-order chi connectivity index (χ0) is 13.1. The van der Waals surface area contributed by atoms with Crippen LogP contribution in [0.15, 0.2) is 6.07 Å². The van der Waals surface area contributed by atoms with E-state index in [1.54, 1.807) is 4.68 Å². The summed E-state index contributed by atoms with van der Waals surface area (Å²) in [4.78, 5) is 14.3. The molecule has 0 radical (unpaired) electrons. The smallest absolute Gasteiger partial charge is 0.272 e. The van der Waals surface area contributed by atoms with E-state index in [1.165, 1.54) is 0 Å². The molecule has 2 rings (SSSR count). The minimum Gasteiger partial charge on any atom is -0.337 e. The first kappa shape index (κ1) is 13.1. The predicted octanol–water partition coefficient (Wildman–Crippen LogP) is 0.930. The molecular formula is C13H22N4O. The van der Waals surface area contributed by atoms with Crippen LogP contribution in [0.4, 0.5) is 0 Å². The molecule has 100 valence electrons. The highest BCUT2D eigenvalue weighted by molar-refractivity contribution is 5.92. The molecule has 0 unspecified atom stereocenters. The van der Waals surface area contributed by atoms with Gasteiger partial charge in [0.2, 0.25) is 0 Å². The summed E-state index contributed by atoms with van der Waals surface area (Å²) in [6, 6.07) is 1.86. The molecule has 1 amide bonds. The van der Waals surface area contributed by atoms with E-state index >= 15 is 0 Å². The lowest BCUT2D eigenvalue weighted by atomic mass is 9.93. The third kappa shape index (κ3) is 2.72. The van der Waals surface area contributed by atoms with Crippen molar-refractivity contribution in [1.29, 1.82) is 0 Å². The molecule has 2 heterocycles. The fraction of sp³-hybridized carbons (Fsp3) is 0.692. The molecule has 0 bridgehead atoms. The number of hydrogen-bond acceptors (Lipinski definition) is 3. The Balaban J connectivity index is 1.97. The minimum absolute atomic E-state index is 0.101. The van der Waals surface area contributed by atoms with Crippen molar-refractivity contribution in [3.05, 3.63) is 17.5 Å². The summed E-state index contributed by atoms with van der Waals surface area (Å²) >= 11 is 0. The Labute approximate surface area is 108 Å². The Morgan fingerprint density at radius 2 is 2.17 bits per heavy atom. The van der Waals surface area contributed by atoms with Crippen LogP contribution in [0.3, 0.4) is 0 Å². The number of aromatic nitrogens is 2. The van der Waals surface area contributed by atoms with Crippen molar-refractivity contribution in [3.8, 4) is 0 Å². The summed E-state index contributed by atoms with van der Waals surface area (Å²) < 4.78 is 1.67. The second-order valence-electron chi connectivity index (χ2n) is 5.11. The summed E-state index contributed by atoms with van der Waals surface area (Å²) in [5.74, 6) is 0.789. The van der Waals surface area contributed by atoms with E-state index in [1.807, 2.05) is 24.9 Å². The molecule has 1 fully saturated rings. The van der Waals surface area contributed by atoms with Crippen LogP contribution < -0.4 is 5.73 Å². The number of rotatable bonds is 3. The lowest BCUT2D eigenvalue weighted by molar-refractivity contribution is 0.0677. The quantitative estimate of drug-likeness (QED) is 0.868. The highest BCUT2D eigenvalue weighted by Gasteiger charge is 2.24. The Hall–Kier alpha value is -1.36. The zero-order valence-electron chi connectivity index (χ0n) is 11.2. The molecule has 5 nitrogen and oxygen atoms in total. The molecule has 5 heteroatoms. The second-order valence-corrected chi connectivity index (χ2v) is 5.11.